The van der Waals surface area contributed by atoms with Crippen molar-refractivity contribution in [2.75, 3.05) is 20.8 Å². The Labute approximate surface area is 147 Å². The number of amides is 1. The zero-order chi connectivity index (χ0) is 17.9. The summed E-state index contributed by atoms with van der Waals surface area (Å²) in [6.07, 6.45) is 1.60. The molecule has 1 aliphatic heterocycles. The molecule has 9 heteroatoms. The highest BCUT2D eigenvalue weighted by Gasteiger charge is 2.30. The van der Waals surface area contributed by atoms with Crippen molar-refractivity contribution in [1.82, 2.24) is 4.90 Å². The molecule has 1 saturated heterocycles. The van der Waals surface area contributed by atoms with E-state index in [9.17, 15) is 13.6 Å². The van der Waals surface area contributed by atoms with Crippen LogP contribution in [0, 0.1) is 0 Å². The minimum Gasteiger partial charge on any atom is -0.493 e. The van der Waals surface area contributed by atoms with E-state index < -0.39 is 6.61 Å². The molecule has 0 radical (unpaired) electrons. The normalized spacial score (nSPS) is 16.2. The number of carbonyl (C=O) groups excluding carboxylic acids is 1. The lowest BCUT2D eigenvalue weighted by molar-refractivity contribution is -0.121. The molecule has 1 heterocycles. The molecule has 0 unspecified atom stereocenters. The number of alkyl halides is 2. The zero-order valence-electron chi connectivity index (χ0n) is 13.2. The third-order valence-corrected chi connectivity index (χ3v) is 4.56. The van der Waals surface area contributed by atoms with Crippen LogP contribution >= 0.6 is 24.0 Å². The molecular weight excluding hydrogens is 360 g/mol. The maximum atomic E-state index is 12.5. The number of nitrogens with zero attached hydrogens (tertiary/aromatic N) is 1. The highest BCUT2D eigenvalue weighted by atomic mass is 32.2. The monoisotopic (exact) mass is 375 g/mol. The molecule has 1 fully saturated rings. The Kier molecular flexibility index (Phi) is 6.00. The van der Waals surface area contributed by atoms with Crippen LogP contribution in [0.5, 0.6) is 17.2 Å². The van der Waals surface area contributed by atoms with Crippen LogP contribution in [0.4, 0.5) is 8.78 Å². The van der Waals surface area contributed by atoms with Crippen molar-refractivity contribution in [3.05, 3.63) is 22.6 Å². The number of halogens is 2. The Hall–Kier alpha value is -1.87. The van der Waals surface area contributed by atoms with Gasteiger partial charge in [-0.15, -0.1) is 0 Å². The van der Waals surface area contributed by atoms with Gasteiger partial charge in [0.25, 0.3) is 5.91 Å². The summed E-state index contributed by atoms with van der Waals surface area (Å²) in [5.41, 5.74) is 0.543. The van der Waals surface area contributed by atoms with Crippen molar-refractivity contribution < 1.29 is 27.8 Å². The third kappa shape index (κ3) is 3.78. The molecule has 5 nitrogen and oxygen atoms in total. The number of rotatable bonds is 6. The molecule has 1 aromatic carbocycles. The molecular formula is C15H15F2NO4S2. The second-order valence-electron chi connectivity index (χ2n) is 4.56. The average Bonchev–Trinajstić information content (AvgIpc) is 2.81. The van der Waals surface area contributed by atoms with E-state index in [1.807, 2.05) is 6.92 Å². The number of hydrogen-bond donors (Lipinski definition) is 0. The van der Waals surface area contributed by atoms with Gasteiger partial charge in [-0.25, -0.2) is 0 Å². The molecule has 1 aliphatic rings. The lowest BCUT2D eigenvalue weighted by Gasteiger charge is -2.14. The van der Waals surface area contributed by atoms with Crippen LogP contribution in [0.15, 0.2) is 17.0 Å². The van der Waals surface area contributed by atoms with Gasteiger partial charge in [0.05, 0.1) is 19.1 Å². The molecule has 0 atom stereocenters. The summed E-state index contributed by atoms with van der Waals surface area (Å²) < 4.78 is 40.2. The van der Waals surface area contributed by atoms with Gasteiger partial charge in [-0.05, 0) is 30.7 Å². The fraction of sp³-hybridized carbons (Fsp3) is 0.333. The Morgan fingerprint density at radius 2 is 1.88 bits per heavy atom. The first-order chi connectivity index (χ1) is 11.4. The number of thiocarbonyl (C=S) groups is 1. The van der Waals surface area contributed by atoms with Crippen molar-refractivity contribution in [3.63, 3.8) is 0 Å². The van der Waals surface area contributed by atoms with Crippen molar-refractivity contribution in [2.24, 2.45) is 0 Å². The Morgan fingerprint density at radius 3 is 2.29 bits per heavy atom. The predicted octanol–water partition coefficient (Wildman–Crippen LogP) is 3.53. The minimum absolute atomic E-state index is 0.0758. The molecule has 130 valence electrons. The van der Waals surface area contributed by atoms with Gasteiger partial charge in [0.2, 0.25) is 5.75 Å². The number of likely N-dealkylation sites (N-methyl/N-ethyl adjacent to an activating group) is 1. The van der Waals surface area contributed by atoms with Crippen molar-refractivity contribution >= 4 is 40.3 Å². The van der Waals surface area contributed by atoms with Gasteiger partial charge in [-0.2, -0.15) is 8.78 Å². The number of ether oxygens (including phenoxy) is 3. The van der Waals surface area contributed by atoms with Gasteiger partial charge in [0.1, 0.15) is 4.32 Å². The number of carbonyl (C=O) groups is 1. The average molecular weight is 375 g/mol. The van der Waals surface area contributed by atoms with Gasteiger partial charge >= 0.3 is 6.61 Å². The molecule has 1 aromatic rings. The van der Waals surface area contributed by atoms with E-state index >= 15 is 0 Å². The molecule has 0 aliphatic carbocycles. The van der Waals surface area contributed by atoms with Crippen molar-refractivity contribution in [1.29, 1.82) is 0 Å². The molecule has 0 aromatic heterocycles. The summed E-state index contributed by atoms with van der Waals surface area (Å²) in [5.74, 6) is -0.245. The molecule has 0 N–H and O–H groups in total. The highest BCUT2D eigenvalue weighted by Crippen LogP contribution is 2.41. The van der Waals surface area contributed by atoms with E-state index in [0.29, 0.717) is 21.3 Å². The lowest BCUT2D eigenvalue weighted by atomic mass is 10.1. The second-order valence-corrected chi connectivity index (χ2v) is 6.23. The second kappa shape index (κ2) is 7.80. The summed E-state index contributed by atoms with van der Waals surface area (Å²) in [6.45, 7) is -0.703. The number of thioether (sulfide) groups is 1. The van der Waals surface area contributed by atoms with E-state index in [-0.39, 0.29) is 23.2 Å². The van der Waals surface area contributed by atoms with E-state index in [1.165, 1.54) is 43.0 Å². The molecule has 0 bridgehead atoms. The number of methoxy groups -OCH3 is 2. The number of benzene rings is 1. The predicted molar refractivity (Wildman–Crippen MR) is 91.7 cm³/mol. The van der Waals surface area contributed by atoms with E-state index in [1.54, 1.807) is 6.08 Å². The number of hydrogen-bond acceptors (Lipinski definition) is 6. The topological polar surface area (TPSA) is 48.0 Å². The largest absolute Gasteiger partial charge is 0.493 e. The summed E-state index contributed by atoms with van der Waals surface area (Å²) >= 11 is 6.33. The maximum Gasteiger partial charge on any atom is 0.387 e. The first-order valence-corrected chi connectivity index (χ1v) is 8.09. The minimum atomic E-state index is -3.01. The van der Waals surface area contributed by atoms with E-state index in [0.717, 1.165) is 0 Å². The van der Waals surface area contributed by atoms with Gasteiger partial charge < -0.3 is 14.2 Å². The molecule has 1 amide bonds. The molecule has 2 rings (SSSR count). The maximum absolute atomic E-state index is 12.5. The fourth-order valence-corrected chi connectivity index (χ4v) is 3.50. The van der Waals surface area contributed by atoms with Gasteiger partial charge in [0, 0.05) is 6.54 Å². The van der Waals surface area contributed by atoms with Crippen LogP contribution in [0.3, 0.4) is 0 Å². The van der Waals surface area contributed by atoms with Gasteiger partial charge in [0.15, 0.2) is 11.5 Å². The SMILES string of the molecule is CCN1C(=O)/C(=C\c2cc(OC)c(OC(F)F)c(OC)c2)SC1=S. The van der Waals surface area contributed by atoms with Gasteiger partial charge in [-0.1, -0.05) is 24.0 Å². The first-order valence-electron chi connectivity index (χ1n) is 6.87. The lowest BCUT2D eigenvalue weighted by Crippen LogP contribution is -2.27. The quantitative estimate of drug-likeness (QED) is 0.560. The van der Waals surface area contributed by atoms with Crippen molar-refractivity contribution in [2.45, 2.75) is 13.5 Å². The van der Waals surface area contributed by atoms with Crippen LogP contribution in [0.1, 0.15) is 12.5 Å². The summed E-state index contributed by atoms with van der Waals surface area (Å²) in [7, 11) is 2.65. The van der Waals surface area contributed by atoms with E-state index in [2.05, 4.69) is 4.74 Å². The van der Waals surface area contributed by atoms with Crippen LogP contribution in [-0.4, -0.2) is 42.5 Å². The van der Waals surface area contributed by atoms with Crippen LogP contribution in [0.2, 0.25) is 0 Å². The fourth-order valence-electron chi connectivity index (χ4n) is 2.11. The highest BCUT2D eigenvalue weighted by molar-refractivity contribution is 8.26. The van der Waals surface area contributed by atoms with Gasteiger partial charge in [-0.3, -0.25) is 9.69 Å². The van der Waals surface area contributed by atoms with Crippen molar-refractivity contribution in [3.8, 4) is 17.2 Å². The zero-order valence-corrected chi connectivity index (χ0v) is 14.8. The Morgan fingerprint density at radius 1 is 1.29 bits per heavy atom. The smallest absolute Gasteiger partial charge is 0.387 e. The summed E-state index contributed by atoms with van der Waals surface area (Å²) in [5, 5.41) is 0. The molecule has 0 spiro atoms. The molecule has 0 saturated carbocycles. The third-order valence-electron chi connectivity index (χ3n) is 3.18. The summed E-state index contributed by atoms with van der Waals surface area (Å²) in [6, 6.07) is 2.97. The summed E-state index contributed by atoms with van der Waals surface area (Å²) in [4.78, 5) is 14.2. The Bertz CT molecular complexity index is 669. The van der Waals surface area contributed by atoms with E-state index in [4.69, 9.17) is 21.7 Å². The van der Waals surface area contributed by atoms with Crippen LogP contribution in [0.25, 0.3) is 6.08 Å². The first kappa shape index (κ1) is 18.5. The Balaban J connectivity index is 2.43. The van der Waals surface area contributed by atoms with Crippen LogP contribution < -0.4 is 14.2 Å². The molecule has 24 heavy (non-hydrogen) atoms. The van der Waals surface area contributed by atoms with Crippen LogP contribution in [-0.2, 0) is 4.79 Å². The standard InChI is InChI=1S/C15H15F2NO4S2/c1-4-18-13(19)11(24-15(18)23)7-8-5-9(20-2)12(22-14(16)17)10(6-8)21-3/h5-7,14H,4H2,1-3H3/b11-7+.